The molecule has 6 heteroatoms. The Bertz CT molecular complexity index is 489. The van der Waals surface area contributed by atoms with Gasteiger partial charge < -0.3 is 9.73 Å². The zero-order valence-corrected chi connectivity index (χ0v) is 11.7. The first kappa shape index (κ1) is 14.2. The summed E-state index contributed by atoms with van der Waals surface area (Å²) in [4.78, 5) is 0.255. The molecule has 0 amide bonds. The maximum absolute atomic E-state index is 11.9. The van der Waals surface area contributed by atoms with Crippen LogP contribution >= 0.6 is 0 Å². The molecule has 5 nitrogen and oxygen atoms in total. The molecule has 0 radical (unpaired) electrons. The van der Waals surface area contributed by atoms with Gasteiger partial charge in [-0.15, -0.1) is 0 Å². The van der Waals surface area contributed by atoms with Crippen LogP contribution in [0.3, 0.4) is 0 Å². The maximum Gasteiger partial charge on any atom is 0.244 e. The summed E-state index contributed by atoms with van der Waals surface area (Å²) in [7, 11) is -2.07. The highest BCUT2D eigenvalue weighted by Gasteiger charge is 2.25. The molecule has 0 aliphatic rings. The van der Waals surface area contributed by atoms with E-state index in [0.29, 0.717) is 23.6 Å². The Balaban J connectivity index is 3.20. The molecule has 1 aromatic heterocycles. The molecule has 0 spiro atoms. The van der Waals surface area contributed by atoms with E-state index in [1.807, 2.05) is 13.8 Å². The van der Waals surface area contributed by atoms with Gasteiger partial charge in [0.15, 0.2) is 0 Å². The quantitative estimate of drug-likeness (QED) is 0.837. The topological polar surface area (TPSA) is 71.3 Å². The second kappa shape index (κ2) is 5.20. The predicted molar refractivity (Wildman–Crippen MR) is 66.4 cm³/mol. The zero-order chi connectivity index (χ0) is 13.2. The fourth-order valence-electron chi connectivity index (χ4n) is 1.67. The van der Waals surface area contributed by atoms with E-state index in [0.717, 1.165) is 0 Å². The van der Waals surface area contributed by atoms with Crippen molar-refractivity contribution in [3.63, 3.8) is 0 Å². The van der Waals surface area contributed by atoms with Gasteiger partial charge in [0, 0.05) is 18.2 Å². The lowest BCUT2D eigenvalue weighted by Gasteiger charge is -2.09. The molecule has 17 heavy (non-hydrogen) atoms. The normalized spacial score (nSPS) is 12.4. The molecule has 0 aliphatic carbocycles. The molecule has 0 fully saturated rings. The van der Waals surface area contributed by atoms with Crippen LogP contribution in [0.2, 0.25) is 0 Å². The second-order valence-corrected chi connectivity index (χ2v) is 6.09. The summed E-state index contributed by atoms with van der Waals surface area (Å²) in [6.45, 7) is 7.94. The van der Waals surface area contributed by atoms with Gasteiger partial charge in [0.25, 0.3) is 0 Å². The molecule has 0 saturated heterocycles. The lowest BCUT2D eigenvalue weighted by Crippen LogP contribution is -2.25. The van der Waals surface area contributed by atoms with Gasteiger partial charge in [-0.1, -0.05) is 13.8 Å². The van der Waals surface area contributed by atoms with Gasteiger partial charge in [0.2, 0.25) is 10.0 Å². The Morgan fingerprint density at radius 3 is 2.29 bits per heavy atom. The van der Waals surface area contributed by atoms with Crippen molar-refractivity contribution >= 4 is 10.0 Å². The van der Waals surface area contributed by atoms with Crippen LogP contribution in [-0.2, 0) is 16.6 Å². The summed E-state index contributed by atoms with van der Waals surface area (Å²) in [5.74, 6) is 1.07. The van der Waals surface area contributed by atoms with E-state index >= 15 is 0 Å². The summed E-state index contributed by atoms with van der Waals surface area (Å²) in [5.41, 5.74) is 0.700. The molecule has 0 saturated carbocycles. The van der Waals surface area contributed by atoms with Crippen LogP contribution in [-0.4, -0.2) is 21.5 Å². The smallest absolute Gasteiger partial charge is 0.244 e. The standard InChI is InChI=1S/C11H20N2O3S/c1-7(2)13-6-10-8(3)16-9(4)11(10)17(14,15)12-5/h7,12-13H,6H2,1-5H3. The number of rotatable bonds is 5. The molecule has 0 atom stereocenters. The predicted octanol–water partition coefficient (Wildman–Crippen LogP) is 1.30. The minimum absolute atomic E-state index is 0.255. The lowest BCUT2D eigenvalue weighted by atomic mass is 10.2. The third-order valence-corrected chi connectivity index (χ3v) is 4.16. The number of nitrogens with one attached hydrogen (secondary N) is 2. The summed E-state index contributed by atoms with van der Waals surface area (Å²) >= 11 is 0. The van der Waals surface area contributed by atoms with Crippen LogP contribution < -0.4 is 10.0 Å². The Kier molecular flexibility index (Phi) is 4.35. The van der Waals surface area contributed by atoms with E-state index < -0.39 is 10.0 Å². The number of aryl methyl sites for hydroxylation is 2. The summed E-state index contributed by atoms with van der Waals surface area (Å²) < 4.78 is 31.5. The van der Waals surface area contributed by atoms with Crippen LogP contribution in [0.15, 0.2) is 9.31 Å². The molecule has 0 bridgehead atoms. The van der Waals surface area contributed by atoms with Gasteiger partial charge in [-0.3, -0.25) is 0 Å². The monoisotopic (exact) mass is 260 g/mol. The molecule has 0 aromatic carbocycles. The van der Waals surface area contributed by atoms with Gasteiger partial charge >= 0.3 is 0 Å². The first-order chi connectivity index (χ1) is 7.79. The molecule has 1 heterocycles. The van der Waals surface area contributed by atoms with Crippen molar-refractivity contribution in [3.05, 3.63) is 17.1 Å². The Labute approximate surface area is 103 Å². The van der Waals surface area contributed by atoms with Gasteiger partial charge in [-0.2, -0.15) is 0 Å². The number of furan rings is 1. The zero-order valence-electron chi connectivity index (χ0n) is 10.9. The average Bonchev–Trinajstić information content (AvgIpc) is 2.50. The van der Waals surface area contributed by atoms with Crippen molar-refractivity contribution in [1.82, 2.24) is 10.0 Å². The SMILES string of the molecule is CNS(=O)(=O)c1c(C)oc(C)c1CNC(C)C. The Morgan fingerprint density at radius 2 is 1.82 bits per heavy atom. The van der Waals surface area contributed by atoms with Crippen LogP contribution in [0.5, 0.6) is 0 Å². The minimum atomic E-state index is -3.47. The Morgan fingerprint density at radius 1 is 1.24 bits per heavy atom. The van der Waals surface area contributed by atoms with Crippen LogP contribution in [0, 0.1) is 13.8 Å². The number of hydrogen-bond acceptors (Lipinski definition) is 4. The number of hydrogen-bond donors (Lipinski definition) is 2. The molecule has 0 unspecified atom stereocenters. The molecule has 1 rings (SSSR count). The average molecular weight is 260 g/mol. The maximum atomic E-state index is 11.9. The number of sulfonamides is 1. The first-order valence-electron chi connectivity index (χ1n) is 5.55. The third kappa shape index (κ3) is 3.08. The van der Waals surface area contributed by atoms with Crippen molar-refractivity contribution in [1.29, 1.82) is 0 Å². The third-order valence-electron chi connectivity index (χ3n) is 2.55. The summed E-state index contributed by atoms with van der Waals surface area (Å²) in [5, 5.41) is 3.20. The molecule has 0 aliphatic heterocycles. The van der Waals surface area contributed by atoms with Crippen molar-refractivity contribution in [2.24, 2.45) is 0 Å². The highest BCUT2D eigenvalue weighted by atomic mass is 32.2. The largest absolute Gasteiger partial charge is 0.465 e. The molecule has 2 N–H and O–H groups in total. The molecule has 1 aromatic rings. The van der Waals surface area contributed by atoms with Gasteiger partial charge in [-0.25, -0.2) is 13.1 Å². The van der Waals surface area contributed by atoms with Crippen LogP contribution in [0.25, 0.3) is 0 Å². The molecular formula is C11H20N2O3S. The molecular weight excluding hydrogens is 240 g/mol. The van der Waals surface area contributed by atoms with E-state index in [9.17, 15) is 8.42 Å². The van der Waals surface area contributed by atoms with Crippen molar-refractivity contribution in [3.8, 4) is 0 Å². The van der Waals surface area contributed by atoms with E-state index in [1.165, 1.54) is 7.05 Å². The Hall–Kier alpha value is -0.850. The molecule has 98 valence electrons. The highest BCUT2D eigenvalue weighted by Crippen LogP contribution is 2.26. The summed E-state index contributed by atoms with van der Waals surface area (Å²) in [6, 6.07) is 0.287. The fraction of sp³-hybridized carbons (Fsp3) is 0.636. The highest BCUT2D eigenvalue weighted by molar-refractivity contribution is 7.89. The van der Waals surface area contributed by atoms with E-state index in [4.69, 9.17) is 4.42 Å². The van der Waals surface area contributed by atoms with Crippen LogP contribution in [0.1, 0.15) is 30.9 Å². The van der Waals surface area contributed by atoms with Gasteiger partial charge in [-0.05, 0) is 20.9 Å². The van der Waals surface area contributed by atoms with Crippen LogP contribution in [0.4, 0.5) is 0 Å². The van der Waals surface area contributed by atoms with Gasteiger partial charge in [0.05, 0.1) is 0 Å². The van der Waals surface area contributed by atoms with E-state index in [1.54, 1.807) is 13.8 Å². The lowest BCUT2D eigenvalue weighted by molar-refractivity contribution is 0.491. The van der Waals surface area contributed by atoms with E-state index in [2.05, 4.69) is 10.0 Å². The fourth-order valence-corrected chi connectivity index (χ4v) is 2.84. The van der Waals surface area contributed by atoms with Crippen molar-refractivity contribution < 1.29 is 12.8 Å². The van der Waals surface area contributed by atoms with Crippen molar-refractivity contribution in [2.75, 3.05) is 7.05 Å². The van der Waals surface area contributed by atoms with Crippen molar-refractivity contribution in [2.45, 2.75) is 45.2 Å². The van der Waals surface area contributed by atoms with E-state index in [-0.39, 0.29) is 10.9 Å². The second-order valence-electron chi connectivity index (χ2n) is 4.27. The minimum Gasteiger partial charge on any atom is -0.465 e. The summed E-state index contributed by atoms with van der Waals surface area (Å²) in [6.07, 6.45) is 0. The van der Waals surface area contributed by atoms with Gasteiger partial charge in [0.1, 0.15) is 16.4 Å². The first-order valence-corrected chi connectivity index (χ1v) is 7.03.